The van der Waals surface area contributed by atoms with Gasteiger partial charge in [0.25, 0.3) is 0 Å². The number of methoxy groups -OCH3 is 1. The van der Waals surface area contributed by atoms with Gasteiger partial charge in [-0.3, -0.25) is 0 Å². The summed E-state index contributed by atoms with van der Waals surface area (Å²) in [6.07, 6.45) is 4.04. The minimum Gasteiger partial charge on any atom is -0.370 e. The molecule has 18 heavy (non-hydrogen) atoms. The zero-order valence-corrected chi connectivity index (χ0v) is 12.3. The van der Waals surface area contributed by atoms with Gasteiger partial charge in [0, 0.05) is 7.11 Å². The van der Waals surface area contributed by atoms with E-state index in [2.05, 4.69) is 24.0 Å². The average molecular weight is 273 g/mol. The molecule has 2 rings (SSSR count). The topological polar surface area (TPSA) is 48.2 Å². The Hall–Kier alpha value is -0.610. The molecule has 102 valence electrons. The second-order valence-electron chi connectivity index (χ2n) is 5.93. The normalized spacial score (nSPS) is 23.8. The highest BCUT2D eigenvalue weighted by molar-refractivity contribution is 6.20. The molecule has 0 aliphatic heterocycles. The molecule has 5 heteroatoms. The summed E-state index contributed by atoms with van der Waals surface area (Å²) in [6, 6.07) is 0. The van der Waals surface area contributed by atoms with Crippen molar-refractivity contribution in [2.45, 2.75) is 57.4 Å². The van der Waals surface area contributed by atoms with Crippen LogP contribution in [0.15, 0.2) is 4.52 Å². The lowest BCUT2D eigenvalue weighted by atomic mass is 9.70. The predicted molar refractivity (Wildman–Crippen MR) is 69.5 cm³/mol. The minimum absolute atomic E-state index is 0.264. The van der Waals surface area contributed by atoms with Crippen molar-refractivity contribution in [3.63, 3.8) is 0 Å². The van der Waals surface area contributed by atoms with E-state index in [-0.39, 0.29) is 5.38 Å². The number of halogens is 1. The van der Waals surface area contributed by atoms with Gasteiger partial charge in [-0.15, -0.1) is 11.6 Å². The van der Waals surface area contributed by atoms with Crippen LogP contribution in [0.1, 0.15) is 63.5 Å². The molecule has 1 aliphatic rings. The lowest BCUT2D eigenvalue weighted by Crippen LogP contribution is -2.37. The summed E-state index contributed by atoms with van der Waals surface area (Å²) in [7, 11) is 1.72. The summed E-state index contributed by atoms with van der Waals surface area (Å²) < 4.78 is 10.9. The van der Waals surface area contributed by atoms with Gasteiger partial charge in [0.05, 0.1) is 0 Å². The molecule has 1 saturated carbocycles. The van der Waals surface area contributed by atoms with Crippen molar-refractivity contribution in [2.75, 3.05) is 7.11 Å². The number of aromatic nitrogens is 2. The molecule has 0 bridgehead atoms. The van der Waals surface area contributed by atoms with Crippen LogP contribution in [0.2, 0.25) is 0 Å². The Morgan fingerprint density at radius 3 is 2.33 bits per heavy atom. The van der Waals surface area contributed by atoms with Crippen molar-refractivity contribution < 1.29 is 9.26 Å². The summed E-state index contributed by atoms with van der Waals surface area (Å²) in [6.45, 7) is 6.40. The van der Waals surface area contributed by atoms with Gasteiger partial charge in [-0.1, -0.05) is 19.0 Å². The van der Waals surface area contributed by atoms with Gasteiger partial charge in [-0.2, -0.15) is 4.98 Å². The van der Waals surface area contributed by atoms with Crippen molar-refractivity contribution in [1.82, 2.24) is 10.1 Å². The first-order valence-corrected chi connectivity index (χ1v) is 6.85. The molecule has 0 spiro atoms. The Labute approximate surface area is 113 Å². The fourth-order valence-corrected chi connectivity index (χ4v) is 2.52. The van der Waals surface area contributed by atoms with Gasteiger partial charge < -0.3 is 9.26 Å². The molecule has 1 fully saturated rings. The van der Waals surface area contributed by atoms with Crippen LogP contribution >= 0.6 is 11.6 Å². The summed E-state index contributed by atoms with van der Waals surface area (Å²) >= 11 is 5.95. The summed E-state index contributed by atoms with van der Waals surface area (Å²) in [5, 5.41) is 3.79. The lowest BCUT2D eigenvalue weighted by molar-refractivity contribution is -0.0740. The smallest absolute Gasteiger partial charge is 0.244 e. The fraction of sp³-hybridized carbons (Fsp3) is 0.846. The summed E-state index contributed by atoms with van der Waals surface area (Å²) in [4.78, 5) is 4.39. The van der Waals surface area contributed by atoms with Crippen LogP contribution in [-0.2, 0) is 10.3 Å². The standard InChI is InChI=1S/C13H21ClN2O2/c1-9(14)10-15-11(16-18-10)13(17-4)7-5-12(2,3)6-8-13/h9H,5-8H2,1-4H3. The SMILES string of the molecule is COC1(c2noc(C(C)Cl)n2)CCC(C)(C)CC1. The van der Waals surface area contributed by atoms with Crippen molar-refractivity contribution in [2.24, 2.45) is 5.41 Å². The second kappa shape index (κ2) is 4.82. The number of rotatable bonds is 3. The van der Waals surface area contributed by atoms with Gasteiger partial charge in [-0.05, 0) is 38.0 Å². The van der Waals surface area contributed by atoms with Gasteiger partial charge >= 0.3 is 0 Å². The Morgan fingerprint density at radius 2 is 1.89 bits per heavy atom. The number of hydrogen-bond acceptors (Lipinski definition) is 4. The maximum absolute atomic E-state index is 5.95. The van der Waals surface area contributed by atoms with Gasteiger partial charge in [0.2, 0.25) is 11.7 Å². The minimum atomic E-state index is -0.400. The van der Waals surface area contributed by atoms with E-state index < -0.39 is 5.60 Å². The van der Waals surface area contributed by atoms with Crippen molar-refractivity contribution in [1.29, 1.82) is 0 Å². The van der Waals surface area contributed by atoms with Crippen LogP contribution in [0.3, 0.4) is 0 Å². The third kappa shape index (κ3) is 2.54. The average Bonchev–Trinajstić information content (AvgIpc) is 2.80. The molecule has 0 aromatic carbocycles. The predicted octanol–water partition coefficient (Wildman–Crippen LogP) is 3.81. The lowest BCUT2D eigenvalue weighted by Gasteiger charge is -2.40. The second-order valence-corrected chi connectivity index (χ2v) is 6.59. The third-order valence-electron chi connectivity index (χ3n) is 3.99. The first kappa shape index (κ1) is 13.8. The van der Waals surface area contributed by atoms with Crippen molar-refractivity contribution in [3.05, 3.63) is 11.7 Å². The highest BCUT2D eigenvalue weighted by Gasteiger charge is 2.43. The number of alkyl halides is 1. The van der Waals surface area contributed by atoms with Crippen LogP contribution in [0, 0.1) is 5.41 Å². The fourth-order valence-electron chi connectivity index (χ4n) is 2.43. The van der Waals surface area contributed by atoms with Gasteiger partial charge in [0.15, 0.2) is 0 Å². The van der Waals surface area contributed by atoms with E-state index in [1.807, 2.05) is 6.92 Å². The zero-order valence-electron chi connectivity index (χ0n) is 11.5. The number of nitrogens with zero attached hydrogens (tertiary/aromatic N) is 2. The maximum Gasteiger partial charge on any atom is 0.244 e. The van der Waals surface area contributed by atoms with Crippen LogP contribution in [-0.4, -0.2) is 17.3 Å². The first-order valence-electron chi connectivity index (χ1n) is 6.42. The molecule has 1 aromatic rings. The maximum atomic E-state index is 5.95. The van der Waals surface area contributed by atoms with Gasteiger partial charge in [0.1, 0.15) is 11.0 Å². The highest BCUT2D eigenvalue weighted by Crippen LogP contribution is 2.46. The van der Waals surface area contributed by atoms with Crippen LogP contribution in [0.5, 0.6) is 0 Å². The molecule has 4 nitrogen and oxygen atoms in total. The quantitative estimate of drug-likeness (QED) is 0.785. The Kier molecular flexibility index (Phi) is 3.70. The molecular weight excluding hydrogens is 252 g/mol. The molecule has 0 amide bonds. The Morgan fingerprint density at radius 1 is 1.28 bits per heavy atom. The monoisotopic (exact) mass is 272 g/mol. The van der Waals surface area contributed by atoms with Crippen molar-refractivity contribution in [3.8, 4) is 0 Å². The van der Waals surface area contributed by atoms with E-state index >= 15 is 0 Å². The Bertz CT molecular complexity index is 405. The van der Waals surface area contributed by atoms with E-state index in [9.17, 15) is 0 Å². The molecule has 1 heterocycles. The van der Waals surface area contributed by atoms with Gasteiger partial charge in [-0.25, -0.2) is 0 Å². The molecule has 0 saturated heterocycles. The molecule has 1 aromatic heterocycles. The molecule has 1 atom stereocenters. The van der Waals surface area contributed by atoms with E-state index in [1.54, 1.807) is 7.11 Å². The van der Waals surface area contributed by atoms with E-state index in [0.717, 1.165) is 25.7 Å². The summed E-state index contributed by atoms with van der Waals surface area (Å²) in [5.74, 6) is 1.11. The molecule has 0 radical (unpaired) electrons. The van der Waals surface area contributed by atoms with Crippen molar-refractivity contribution >= 4 is 11.6 Å². The summed E-state index contributed by atoms with van der Waals surface area (Å²) in [5.41, 5.74) is -0.0303. The Balaban J connectivity index is 2.22. The van der Waals surface area contributed by atoms with E-state index in [0.29, 0.717) is 17.1 Å². The largest absolute Gasteiger partial charge is 0.370 e. The molecule has 1 unspecified atom stereocenters. The van der Waals surface area contributed by atoms with Crippen LogP contribution in [0.4, 0.5) is 0 Å². The van der Waals surface area contributed by atoms with E-state index in [4.69, 9.17) is 20.9 Å². The van der Waals surface area contributed by atoms with Crippen LogP contribution in [0.25, 0.3) is 0 Å². The molecule has 1 aliphatic carbocycles. The first-order chi connectivity index (χ1) is 8.38. The number of hydrogen-bond donors (Lipinski definition) is 0. The zero-order chi connectivity index (χ0) is 13.4. The number of ether oxygens (including phenoxy) is 1. The molecule has 0 N–H and O–H groups in total. The van der Waals surface area contributed by atoms with E-state index in [1.165, 1.54) is 0 Å². The molecular formula is C13H21ClN2O2. The highest BCUT2D eigenvalue weighted by atomic mass is 35.5. The third-order valence-corrected chi connectivity index (χ3v) is 4.18. The van der Waals surface area contributed by atoms with Crippen LogP contribution < -0.4 is 0 Å².